The van der Waals surface area contributed by atoms with Crippen LogP contribution >= 0.6 is 0 Å². The molecule has 2 aromatic heterocycles. The monoisotopic (exact) mass is 488 g/mol. The molecule has 9 nitrogen and oxygen atoms in total. The number of imidazole rings is 1. The maximum atomic E-state index is 13.0. The number of carboxylic acid groups (broad SMARTS) is 1. The summed E-state index contributed by atoms with van der Waals surface area (Å²) in [4.78, 5) is 28.9. The molecule has 0 bridgehead atoms. The molecule has 3 aromatic rings. The van der Waals surface area contributed by atoms with Gasteiger partial charge < -0.3 is 19.7 Å². The van der Waals surface area contributed by atoms with Crippen molar-refractivity contribution in [2.24, 2.45) is 10.9 Å². The molecular weight excluding hydrogens is 465 g/mol. The van der Waals surface area contributed by atoms with Crippen molar-refractivity contribution in [3.63, 3.8) is 0 Å². The Morgan fingerprint density at radius 3 is 2.54 bits per heavy atom. The van der Waals surface area contributed by atoms with Gasteiger partial charge in [-0.25, -0.2) is 24.7 Å². The number of hydrogen-bond acceptors (Lipinski definition) is 7. The van der Waals surface area contributed by atoms with Crippen LogP contribution in [0.2, 0.25) is 0 Å². The van der Waals surface area contributed by atoms with Crippen LogP contribution in [0.5, 0.6) is 0 Å². The van der Waals surface area contributed by atoms with E-state index in [1.54, 1.807) is 4.57 Å². The highest BCUT2D eigenvalue weighted by atomic mass is 19.4. The second kappa shape index (κ2) is 8.82. The van der Waals surface area contributed by atoms with Gasteiger partial charge in [0.25, 0.3) is 5.90 Å². The fourth-order valence-electron chi connectivity index (χ4n) is 4.28. The number of anilines is 1. The minimum Gasteiger partial charge on any atom is -0.475 e. The Hall–Kier alpha value is -3.70. The third-order valence-electron chi connectivity index (χ3n) is 6.41. The van der Waals surface area contributed by atoms with Crippen molar-refractivity contribution in [3.05, 3.63) is 47.0 Å². The van der Waals surface area contributed by atoms with Gasteiger partial charge in [0.1, 0.15) is 12.1 Å². The summed E-state index contributed by atoms with van der Waals surface area (Å²) >= 11 is 0. The lowest BCUT2D eigenvalue weighted by Gasteiger charge is -2.32. The Kier molecular flexibility index (Phi) is 5.81. The SMILES string of the molecule is C[C@@H](Nc1nc(C(=O)O)nc2nc(C3=NCCO3)n(Cc3ccc(C(F)(F)F)cc3)c12)C1CCC1. The molecule has 12 heteroatoms. The first kappa shape index (κ1) is 23.1. The lowest BCUT2D eigenvalue weighted by atomic mass is 9.80. The number of nitrogens with zero attached hydrogens (tertiary/aromatic N) is 5. The lowest BCUT2D eigenvalue weighted by molar-refractivity contribution is -0.137. The number of aromatic carboxylic acids is 1. The Bertz CT molecular complexity index is 1300. The summed E-state index contributed by atoms with van der Waals surface area (Å²) in [6, 6.07) is 4.86. The third kappa shape index (κ3) is 4.52. The largest absolute Gasteiger partial charge is 0.475 e. The highest BCUT2D eigenvalue weighted by Gasteiger charge is 2.31. The van der Waals surface area contributed by atoms with Crippen LogP contribution in [0.15, 0.2) is 29.3 Å². The van der Waals surface area contributed by atoms with Crippen LogP contribution < -0.4 is 5.32 Å². The van der Waals surface area contributed by atoms with Crippen LogP contribution in [0.3, 0.4) is 0 Å². The summed E-state index contributed by atoms with van der Waals surface area (Å²) in [7, 11) is 0. The van der Waals surface area contributed by atoms with E-state index in [1.165, 1.54) is 12.1 Å². The van der Waals surface area contributed by atoms with Crippen molar-refractivity contribution in [2.75, 3.05) is 18.5 Å². The number of benzene rings is 1. The van der Waals surface area contributed by atoms with Gasteiger partial charge in [0, 0.05) is 6.04 Å². The van der Waals surface area contributed by atoms with Gasteiger partial charge in [0.05, 0.1) is 18.7 Å². The van der Waals surface area contributed by atoms with Gasteiger partial charge in [-0.3, -0.25) is 0 Å². The molecule has 0 radical (unpaired) electrons. The molecule has 5 rings (SSSR count). The Labute approximate surface area is 198 Å². The molecule has 3 heterocycles. The van der Waals surface area contributed by atoms with Gasteiger partial charge in [-0.2, -0.15) is 13.2 Å². The van der Waals surface area contributed by atoms with E-state index in [0.29, 0.717) is 41.8 Å². The molecule has 2 N–H and O–H groups in total. The van der Waals surface area contributed by atoms with Gasteiger partial charge in [-0.15, -0.1) is 0 Å². The van der Waals surface area contributed by atoms with E-state index in [2.05, 4.69) is 25.3 Å². The average Bonchev–Trinajstić information content (AvgIpc) is 3.40. The molecule has 0 spiro atoms. The topological polar surface area (TPSA) is 115 Å². The number of aromatic nitrogens is 4. The van der Waals surface area contributed by atoms with Crippen LogP contribution in [-0.2, 0) is 17.5 Å². The predicted molar refractivity (Wildman–Crippen MR) is 121 cm³/mol. The van der Waals surface area contributed by atoms with Gasteiger partial charge in [0.2, 0.25) is 5.82 Å². The average molecular weight is 488 g/mol. The second-order valence-corrected chi connectivity index (χ2v) is 8.75. The van der Waals surface area contributed by atoms with E-state index in [1.807, 2.05) is 6.92 Å². The summed E-state index contributed by atoms with van der Waals surface area (Å²) < 4.78 is 46.4. The molecule has 1 saturated carbocycles. The van der Waals surface area contributed by atoms with Crippen molar-refractivity contribution in [2.45, 2.75) is 44.9 Å². The van der Waals surface area contributed by atoms with Crippen LogP contribution in [0.25, 0.3) is 11.2 Å². The van der Waals surface area contributed by atoms with Crippen LogP contribution in [0.1, 0.15) is 53.8 Å². The fraction of sp³-hybridized carbons (Fsp3) is 0.435. The molecule has 1 aromatic carbocycles. The molecular formula is C23H23F3N6O3. The minimum atomic E-state index is -4.44. The molecule has 1 aliphatic carbocycles. The molecule has 35 heavy (non-hydrogen) atoms. The Morgan fingerprint density at radius 1 is 1.23 bits per heavy atom. The maximum Gasteiger partial charge on any atom is 0.416 e. The number of ether oxygens (including phenoxy) is 1. The molecule has 2 aliphatic rings. The number of rotatable bonds is 7. The first-order valence-electron chi connectivity index (χ1n) is 11.3. The fourth-order valence-corrected chi connectivity index (χ4v) is 4.28. The van der Waals surface area contributed by atoms with Gasteiger partial charge >= 0.3 is 12.1 Å². The number of carboxylic acids is 1. The highest BCUT2D eigenvalue weighted by molar-refractivity contribution is 5.98. The van der Waals surface area contributed by atoms with Crippen molar-refractivity contribution >= 4 is 28.8 Å². The van der Waals surface area contributed by atoms with Gasteiger partial charge in [0.15, 0.2) is 17.3 Å². The van der Waals surface area contributed by atoms with E-state index in [4.69, 9.17) is 4.74 Å². The Balaban J connectivity index is 1.63. The van der Waals surface area contributed by atoms with Crippen LogP contribution in [0.4, 0.5) is 19.0 Å². The van der Waals surface area contributed by atoms with Crippen LogP contribution in [0, 0.1) is 5.92 Å². The van der Waals surface area contributed by atoms with E-state index in [-0.39, 0.29) is 24.1 Å². The van der Waals surface area contributed by atoms with E-state index < -0.39 is 23.5 Å². The molecule has 1 aliphatic heterocycles. The zero-order chi connectivity index (χ0) is 24.7. The number of nitrogens with one attached hydrogen (secondary N) is 1. The van der Waals surface area contributed by atoms with Crippen LogP contribution in [-0.4, -0.2) is 55.7 Å². The van der Waals surface area contributed by atoms with Crippen molar-refractivity contribution in [1.82, 2.24) is 19.5 Å². The number of alkyl halides is 3. The zero-order valence-electron chi connectivity index (χ0n) is 18.8. The standard InChI is InChI=1S/C23H23F3N6O3/c1-12(14-3-2-4-14)28-17-16-18(30-19(29-17)22(33)34)31-20(21-27-9-10-35-21)32(16)11-13-5-7-15(8-6-13)23(24,25)26/h5-8,12,14H,2-4,9-11H2,1H3,(H,33,34)(H,28,29,30)/t12-/m1/s1. The number of hydrogen-bond donors (Lipinski definition) is 2. The summed E-state index contributed by atoms with van der Waals surface area (Å²) in [6.45, 7) is 2.96. The summed E-state index contributed by atoms with van der Waals surface area (Å²) in [5.74, 6) is -0.378. The van der Waals surface area contributed by atoms with E-state index in [9.17, 15) is 23.1 Å². The number of halogens is 3. The first-order valence-corrected chi connectivity index (χ1v) is 11.3. The summed E-state index contributed by atoms with van der Waals surface area (Å²) in [5, 5.41) is 12.9. The van der Waals surface area contributed by atoms with Crippen molar-refractivity contribution in [3.8, 4) is 0 Å². The summed E-state index contributed by atoms with van der Waals surface area (Å²) in [5.41, 5.74) is 0.416. The summed E-state index contributed by atoms with van der Waals surface area (Å²) in [6.07, 6.45) is -1.17. The molecule has 1 fully saturated rings. The smallest absolute Gasteiger partial charge is 0.416 e. The molecule has 0 unspecified atom stereocenters. The number of aliphatic imine (C=N–C) groups is 1. The number of fused-ring (bicyclic) bond motifs is 1. The highest BCUT2D eigenvalue weighted by Crippen LogP contribution is 2.33. The number of carbonyl (C=O) groups is 1. The van der Waals surface area contributed by atoms with Gasteiger partial charge in [-0.1, -0.05) is 18.6 Å². The van der Waals surface area contributed by atoms with Crippen molar-refractivity contribution < 1.29 is 27.8 Å². The first-order chi connectivity index (χ1) is 16.7. The second-order valence-electron chi connectivity index (χ2n) is 8.75. The Morgan fingerprint density at radius 2 is 1.97 bits per heavy atom. The quantitative estimate of drug-likeness (QED) is 0.517. The maximum absolute atomic E-state index is 13.0. The van der Waals surface area contributed by atoms with E-state index >= 15 is 0 Å². The van der Waals surface area contributed by atoms with Gasteiger partial charge in [-0.05, 0) is 43.4 Å². The normalized spacial score (nSPS) is 17.1. The minimum absolute atomic E-state index is 0.0291. The molecule has 1 atom stereocenters. The lowest BCUT2D eigenvalue weighted by Crippen LogP contribution is -2.31. The van der Waals surface area contributed by atoms with E-state index in [0.717, 1.165) is 31.4 Å². The zero-order valence-corrected chi connectivity index (χ0v) is 18.8. The molecule has 0 saturated heterocycles. The third-order valence-corrected chi connectivity index (χ3v) is 6.41. The predicted octanol–water partition coefficient (Wildman–Crippen LogP) is 3.97. The molecule has 184 valence electrons. The molecule has 0 amide bonds. The van der Waals surface area contributed by atoms with Crippen molar-refractivity contribution in [1.29, 1.82) is 0 Å².